The van der Waals surface area contributed by atoms with Crippen LogP contribution in [0.1, 0.15) is 59.6 Å². The van der Waals surface area contributed by atoms with Gasteiger partial charge in [-0.05, 0) is 85.7 Å². The highest BCUT2D eigenvalue weighted by Gasteiger charge is 2.27. The number of carbonyl (C=O) groups is 1. The molecule has 4 aromatic rings. The molecule has 1 saturated heterocycles. The fraction of sp³-hybridized carbons (Fsp3) is 0.278. The number of hydrogen-bond donors (Lipinski definition) is 0. The van der Waals surface area contributed by atoms with E-state index in [2.05, 4.69) is 96.5 Å². The van der Waals surface area contributed by atoms with E-state index in [9.17, 15) is 4.79 Å². The van der Waals surface area contributed by atoms with E-state index in [1.807, 2.05) is 18.3 Å². The Hall–Kier alpha value is -4.02. The van der Waals surface area contributed by atoms with Gasteiger partial charge in [0, 0.05) is 30.1 Å². The maximum atomic E-state index is 12.4. The molecule has 3 aromatic carbocycles. The number of nitrogens with zero attached hydrogens (tertiary/aromatic N) is 2. The molecule has 0 unspecified atom stereocenters. The maximum Gasteiger partial charge on any atom is 0.146 e. The van der Waals surface area contributed by atoms with E-state index in [1.54, 1.807) is 13.1 Å². The summed E-state index contributed by atoms with van der Waals surface area (Å²) in [4.78, 5) is 19.0. The van der Waals surface area contributed by atoms with E-state index in [0.29, 0.717) is 13.2 Å². The van der Waals surface area contributed by atoms with Gasteiger partial charge in [0.05, 0.1) is 6.04 Å². The molecule has 5 rings (SSSR count). The lowest BCUT2D eigenvalue weighted by Crippen LogP contribution is -2.43. The third-order valence-corrected chi connectivity index (χ3v) is 7.93. The Bertz CT molecular complexity index is 1480. The molecule has 0 radical (unpaired) electrons. The second-order valence-electron chi connectivity index (χ2n) is 10.8. The van der Waals surface area contributed by atoms with Crippen molar-refractivity contribution in [2.45, 2.75) is 59.2 Å². The molecule has 4 nitrogen and oxygen atoms in total. The zero-order chi connectivity index (χ0) is 27.9. The molecule has 1 aromatic heterocycles. The molecule has 204 valence electrons. The van der Waals surface area contributed by atoms with Crippen molar-refractivity contribution in [2.24, 2.45) is 0 Å². The minimum absolute atomic E-state index is 0.0142. The van der Waals surface area contributed by atoms with Crippen molar-refractivity contribution in [1.29, 1.82) is 0 Å². The van der Waals surface area contributed by atoms with Gasteiger partial charge in [-0.15, -0.1) is 0 Å². The van der Waals surface area contributed by atoms with E-state index in [0.717, 1.165) is 48.2 Å². The van der Waals surface area contributed by atoms with Gasteiger partial charge in [-0.25, -0.2) is 0 Å². The van der Waals surface area contributed by atoms with E-state index in [-0.39, 0.29) is 11.8 Å². The summed E-state index contributed by atoms with van der Waals surface area (Å²) in [5, 5.41) is 0. The summed E-state index contributed by atoms with van der Waals surface area (Å²) in [6.07, 6.45) is 11.2. The van der Waals surface area contributed by atoms with E-state index >= 15 is 0 Å². The van der Waals surface area contributed by atoms with Gasteiger partial charge in [0.2, 0.25) is 0 Å². The number of ether oxygens (including phenoxy) is 1. The van der Waals surface area contributed by atoms with E-state index < -0.39 is 0 Å². The number of Topliss-reactive ketones (excluding diaryl/α,β-unsaturated/α-hetero) is 1. The molecule has 1 aliphatic heterocycles. The smallest absolute Gasteiger partial charge is 0.146 e. The normalized spacial score (nSPS) is 15.8. The number of ketones is 1. The summed E-state index contributed by atoms with van der Waals surface area (Å²) < 4.78 is 6.42. The van der Waals surface area contributed by atoms with Gasteiger partial charge in [-0.3, -0.25) is 14.7 Å². The summed E-state index contributed by atoms with van der Waals surface area (Å²) in [6.45, 7) is 8.14. The fourth-order valence-corrected chi connectivity index (χ4v) is 5.65. The first-order chi connectivity index (χ1) is 19.5. The summed E-state index contributed by atoms with van der Waals surface area (Å²) in [5.41, 5.74) is 9.38. The zero-order valence-electron chi connectivity index (χ0n) is 23.8. The quantitative estimate of drug-likeness (QED) is 0.205. The van der Waals surface area contributed by atoms with Gasteiger partial charge in [-0.2, -0.15) is 0 Å². The summed E-state index contributed by atoms with van der Waals surface area (Å²) in [6, 6.07) is 25.3. The predicted octanol–water partition coefficient (Wildman–Crippen LogP) is 8.06. The molecule has 1 atom stereocenters. The van der Waals surface area contributed by atoms with Crippen LogP contribution in [0.4, 0.5) is 0 Å². The second kappa shape index (κ2) is 12.9. The molecule has 0 spiro atoms. The van der Waals surface area contributed by atoms with Gasteiger partial charge in [0.15, 0.2) is 0 Å². The van der Waals surface area contributed by atoms with Crippen LogP contribution in [-0.2, 0) is 17.9 Å². The van der Waals surface area contributed by atoms with Crippen molar-refractivity contribution in [1.82, 2.24) is 9.88 Å². The molecule has 0 bridgehead atoms. The van der Waals surface area contributed by atoms with Crippen LogP contribution in [0.15, 0.2) is 85.2 Å². The van der Waals surface area contributed by atoms with Crippen LogP contribution in [0.25, 0.3) is 23.3 Å². The number of aryl methyl sites for hydroxylation is 1. The zero-order valence-corrected chi connectivity index (χ0v) is 23.8. The van der Waals surface area contributed by atoms with Crippen molar-refractivity contribution in [2.75, 3.05) is 6.54 Å². The van der Waals surface area contributed by atoms with Crippen LogP contribution >= 0.6 is 0 Å². The molecule has 4 heteroatoms. The topological polar surface area (TPSA) is 42.4 Å². The van der Waals surface area contributed by atoms with Crippen molar-refractivity contribution >= 4 is 17.9 Å². The van der Waals surface area contributed by atoms with E-state index in [4.69, 9.17) is 4.74 Å². The lowest BCUT2D eigenvalue weighted by atomic mass is 9.95. The molecule has 1 fully saturated rings. The standard InChI is InChI=1S/C36H38N2O2/c1-26-21-33(24-38-20-8-7-16-35(38)28(3)39)36(40-25-29-11-10-19-37-23-29)22-32(26)18-17-30-14-9-15-34(27(30)2)31-12-5-4-6-13-31/h4-6,9-15,17-19,21-23,35H,7-8,16,20,24-25H2,1-3H3/b18-17+/t35-/m0/s1. The summed E-state index contributed by atoms with van der Waals surface area (Å²) >= 11 is 0. The number of likely N-dealkylation sites (tertiary alicyclic amines) is 1. The van der Waals surface area contributed by atoms with Crippen molar-refractivity contribution in [3.8, 4) is 16.9 Å². The number of pyridine rings is 1. The van der Waals surface area contributed by atoms with Crippen LogP contribution < -0.4 is 4.74 Å². The van der Waals surface area contributed by atoms with Gasteiger partial charge in [0.1, 0.15) is 18.1 Å². The molecule has 0 N–H and O–H groups in total. The Balaban J connectivity index is 1.45. The third kappa shape index (κ3) is 6.57. The molecule has 0 amide bonds. The van der Waals surface area contributed by atoms with Crippen LogP contribution in [0.2, 0.25) is 0 Å². The molecule has 2 heterocycles. The SMILES string of the molecule is CC(=O)[C@@H]1CCCCN1Cc1cc(C)c(/C=C/c2cccc(-c3ccccc3)c2C)cc1OCc1cccnc1. The number of carbonyl (C=O) groups excluding carboxylic acids is 1. The largest absolute Gasteiger partial charge is 0.488 e. The van der Waals surface area contributed by atoms with Crippen LogP contribution in [0.3, 0.4) is 0 Å². The van der Waals surface area contributed by atoms with Crippen molar-refractivity contribution in [3.05, 3.63) is 119 Å². The monoisotopic (exact) mass is 530 g/mol. The van der Waals surface area contributed by atoms with Gasteiger partial charge >= 0.3 is 0 Å². The number of piperidine rings is 1. The minimum Gasteiger partial charge on any atom is -0.488 e. The summed E-state index contributed by atoms with van der Waals surface area (Å²) in [7, 11) is 0. The lowest BCUT2D eigenvalue weighted by Gasteiger charge is -2.34. The van der Waals surface area contributed by atoms with Crippen molar-refractivity contribution in [3.63, 3.8) is 0 Å². The van der Waals surface area contributed by atoms with Gasteiger partial charge < -0.3 is 4.74 Å². The Morgan fingerprint density at radius 1 is 0.975 bits per heavy atom. The number of aromatic nitrogens is 1. The first-order valence-corrected chi connectivity index (χ1v) is 14.2. The number of hydrogen-bond acceptors (Lipinski definition) is 4. The first-order valence-electron chi connectivity index (χ1n) is 14.2. The van der Waals surface area contributed by atoms with Crippen LogP contribution in [0, 0.1) is 13.8 Å². The van der Waals surface area contributed by atoms with Gasteiger partial charge in [-0.1, -0.05) is 79.2 Å². The molecular weight excluding hydrogens is 492 g/mol. The van der Waals surface area contributed by atoms with E-state index in [1.165, 1.54) is 27.8 Å². The fourth-order valence-electron chi connectivity index (χ4n) is 5.65. The molecule has 40 heavy (non-hydrogen) atoms. The average Bonchev–Trinajstić information content (AvgIpc) is 2.98. The number of rotatable bonds is 9. The van der Waals surface area contributed by atoms with Gasteiger partial charge in [0.25, 0.3) is 0 Å². The average molecular weight is 531 g/mol. The molecular formula is C36H38N2O2. The first kappa shape index (κ1) is 27.5. The molecule has 0 aliphatic carbocycles. The van der Waals surface area contributed by atoms with Crippen LogP contribution in [0.5, 0.6) is 5.75 Å². The Labute approximate surface area is 238 Å². The third-order valence-electron chi connectivity index (χ3n) is 7.93. The summed E-state index contributed by atoms with van der Waals surface area (Å²) in [5.74, 6) is 1.11. The Morgan fingerprint density at radius 2 is 1.80 bits per heavy atom. The second-order valence-corrected chi connectivity index (χ2v) is 10.8. The Morgan fingerprint density at radius 3 is 2.58 bits per heavy atom. The highest BCUT2D eigenvalue weighted by atomic mass is 16.5. The number of benzene rings is 3. The maximum absolute atomic E-state index is 12.4. The van der Waals surface area contributed by atoms with Crippen LogP contribution in [-0.4, -0.2) is 28.3 Å². The molecule has 0 saturated carbocycles. The minimum atomic E-state index is -0.0142. The highest BCUT2D eigenvalue weighted by molar-refractivity contribution is 5.81. The Kier molecular flexibility index (Phi) is 8.87. The molecule has 1 aliphatic rings. The lowest BCUT2D eigenvalue weighted by molar-refractivity contribution is -0.123. The van der Waals surface area contributed by atoms with Crippen molar-refractivity contribution < 1.29 is 9.53 Å². The highest BCUT2D eigenvalue weighted by Crippen LogP contribution is 2.31. The predicted molar refractivity (Wildman–Crippen MR) is 164 cm³/mol.